The Balaban J connectivity index is 1.50. The molecule has 1 aliphatic heterocycles. The van der Waals surface area contributed by atoms with Gasteiger partial charge in [0.1, 0.15) is 5.82 Å². The van der Waals surface area contributed by atoms with Crippen LogP contribution in [0.3, 0.4) is 0 Å². The Kier molecular flexibility index (Phi) is 7.75. The maximum atomic E-state index is 14.3. The van der Waals surface area contributed by atoms with Crippen LogP contribution < -0.4 is 0 Å². The fraction of sp³-hybridized carbons (Fsp3) is 0.258. The first-order valence-corrected chi connectivity index (χ1v) is 12.9. The second kappa shape index (κ2) is 11.5. The number of benzene rings is 3. The molecular weight excluding hydrogens is 481 g/mol. The Labute approximate surface area is 221 Å². The summed E-state index contributed by atoms with van der Waals surface area (Å²) in [6, 6.07) is 23.5. The van der Waals surface area contributed by atoms with E-state index in [0.717, 1.165) is 21.9 Å². The lowest BCUT2D eigenvalue weighted by atomic mass is 9.93. The number of esters is 1. The summed E-state index contributed by atoms with van der Waals surface area (Å²) in [5.74, 6) is -0.762. The van der Waals surface area contributed by atoms with E-state index < -0.39 is 0 Å². The number of rotatable bonds is 7. The average Bonchev–Trinajstić information content (AvgIpc) is 2.94. The van der Waals surface area contributed by atoms with Gasteiger partial charge in [0.15, 0.2) is 0 Å². The molecule has 38 heavy (non-hydrogen) atoms. The van der Waals surface area contributed by atoms with Crippen molar-refractivity contribution in [1.29, 1.82) is 0 Å². The van der Waals surface area contributed by atoms with Gasteiger partial charge in [-0.1, -0.05) is 66.7 Å². The van der Waals surface area contributed by atoms with E-state index in [9.17, 15) is 14.0 Å². The van der Waals surface area contributed by atoms with Crippen molar-refractivity contribution in [2.75, 3.05) is 26.2 Å². The molecule has 194 valence electrons. The number of piperazine rings is 1. The van der Waals surface area contributed by atoms with Crippen LogP contribution in [0, 0.1) is 5.82 Å². The van der Waals surface area contributed by atoms with Crippen LogP contribution in [0.2, 0.25) is 0 Å². The molecule has 1 aliphatic rings. The smallest absolute Gasteiger partial charge is 0.307 e. The van der Waals surface area contributed by atoms with Gasteiger partial charge in [-0.05, 0) is 35.6 Å². The molecule has 0 radical (unpaired) electrons. The molecule has 4 aromatic rings. The molecular formula is C31H30FN3O3. The maximum absolute atomic E-state index is 14.3. The van der Waals surface area contributed by atoms with Crippen LogP contribution in [0.25, 0.3) is 10.8 Å². The molecule has 5 rings (SSSR count). The van der Waals surface area contributed by atoms with Crippen LogP contribution in [-0.2, 0) is 9.53 Å². The van der Waals surface area contributed by atoms with Gasteiger partial charge in [-0.15, -0.1) is 0 Å². The summed E-state index contributed by atoms with van der Waals surface area (Å²) in [6.07, 6.45) is 3.47. The number of nitrogens with zero attached hydrogens (tertiary/aromatic N) is 3. The summed E-state index contributed by atoms with van der Waals surface area (Å²) < 4.78 is 19.7. The Morgan fingerprint density at radius 2 is 1.74 bits per heavy atom. The minimum Gasteiger partial charge on any atom is -0.466 e. The highest BCUT2D eigenvalue weighted by atomic mass is 19.1. The molecule has 0 bridgehead atoms. The minimum atomic E-state index is -0.330. The highest BCUT2D eigenvalue weighted by Crippen LogP contribution is 2.34. The molecule has 0 unspecified atom stereocenters. The zero-order valence-corrected chi connectivity index (χ0v) is 21.3. The third-order valence-corrected chi connectivity index (χ3v) is 7.03. The minimum absolute atomic E-state index is 0.115. The second-order valence-corrected chi connectivity index (χ2v) is 9.43. The van der Waals surface area contributed by atoms with Crippen molar-refractivity contribution >= 4 is 22.6 Å². The van der Waals surface area contributed by atoms with Crippen LogP contribution in [0.1, 0.15) is 40.9 Å². The number of carbonyl (C=O) groups excluding carboxylic acids is 2. The topological polar surface area (TPSA) is 62.7 Å². The third-order valence-electron chi connectivity index (χ3n) is 7.03. The fourth-order valence-corrected chi connectivity index (χ4v) is 5.33. The van der Waals surface area contributed by atoms with Gasteiger partial charge in [0.25, 0.3) is 5.91 Å². The van der Waals surface area contributed by atoms with E-state index in [1.807, 2.05) is 60.7 Å². The predicted molar refractivity (Wildman–Crippen MR) is 144 cm³/mol. The standard InChI is InChI=1S/C31H30FN3O3/c1-2-38-29(36)18-26-21-34(31(37)28-20-33-19-24-11-6-7-14-27(24)28)15-16-35(26)30(22-9-4-3-5-10-22)23-12-8-13-25(32)17-23/h3-14,17,19-20,26,30H,2,15-16,18,21H2,1H3/t26-,30-/m1/s1. The van der Waals surface area contributed by atoms with Gasteiger partial charge in [-0.25, -0.2) is 4.39 Å². The van der Waals surface area contributed by atoms with E-state index >= 15 is 0 Å². The van der Waals surface area contributed by atoms with Crippen molar-refractivity contribution in [3.05, 3.63) is 114 Å². The van der Waals surface area contributed by atoms with Crippen molar-refractivity contribution in [3.8, 4) is 0 Å². The molecule has 0 aliphatic carbocycles. The number of fused-ring (bicyclic) bond motifs is 1. The number of ether oxygens (including phenoxy) is 1. The molecule has 1 amide bonds. The predicted octanol–water partition coefficient (Wildman–Crippen LogP) is 5.24. The third kappa shape index (κ3) is 5.43. The van der Waals surface area contributed by atoms with E-state index in [2.05, 4.69) is 9.88 Å². The molecule has 3 aromatic carbocycles. The summed E-state index contributed by atoms with van der Waals surface area (Å²) in [7, 11) is 0. The van der Waals surface area contributed by atoms with Gasteiger partial charge in [0.2, 0.25) is 0 Å². The summed E-state index contributed by atoms with van der Waals surface area (Å²) in [6.45, 7) is 3.35. The van der Waals surface area contributed by atoms with E-state index in [-0.39, 0.29) is 42.8 Å². The monoisotopic (exact) mass is 511 g/mol. The lowest BCUT2D eigenvalue weighted by molar-refractivity contribution is -0.145. The Morgan fingerprint density at radius 1 is 0.974 bits per heavy atom. The molecule has 2 atom stereocenters. The van der Waals surface area contributed by atoms with Gasteiger partial charge >= 0.3 is 5.97 Å². The molecule has 2 heterocycles. The quantitative estimate of drug-likeness (QED) is 0.318. The SMILES string of the molecule is CCOC(=O)C[C@@H]1CN(C(=O)c2cncc3ccccc23)CCN1[C@H](c1ccccc1)c1cccc(F)c1. The first-order chi connectivity index (χ1) is 18.5. The first kappa shape index (κ1) is 25.5. The van der Waals surface area contributed by atoms with E-state index in [0.29, 0.717) is 25.2 Å². The fourth-order valence-electron chi connectivity index (χ4n) is 5.33. The van der Waals surface area contributed by atoms with Crippen molar-refractivity contribution in [3.63, 3.8) is 0 Å². The lowest BCUT2D eigenvalue weighted by Crippen LogP contribution is -2.56. The summed E-state index contributed by atoms with van der Waals surface area (Å²) in [5.41, 5.74) is 2.32. The van der Waals surface area contributed by atoms with E-state index in [1.165, 1.54) is 6.07 Å². The highest BCUT2D eigenvalue weighted by Gasteiger charge is 2.37. The second-order valence-electron chi connectivity index (χ2n) is 9.43. The number of halogens is 1. The van der Waals surface area contributed by atoms with Crippen molar-refractivity contribution in [2.24, 2.45) is 0 Å². The lowest BCUT2D eigenvalue weighted by Gasteiger charge is -2.45. The molecule has 1 aromatic heterocycles. The van der Waals surface area contributed by atoms with Crippen LogP contribution in [0.5, 0.6) is 0 Å². The van der Waals surface area contributed by atoms with Crippen molar-refractivity contribution in [1.82, 2.24) is 14.8 Å². The van der Waals surface area contributed by atoms with Gasteiger partial charge in [-0.3, -0.25) is 19.5 Å². The summed E-state index contributed by atoms with van der Waals surface area (Å²) in [4.78, 5) is 34.7. The zero-order chi connectivity index (χ0) is 26.5. The van der Waals surface area contributed by atoms with Gasteiger partial charge in [-0.2, -0.15) is 0 Å². The molecule has 1 fully saturated rings. The molecule has 0 spiro atoms. The average molecular weight is 512 g/mol. The Morgan fingerprint density at radius 3 is 2.53 bits per heavy atom. The maximum Gasteiger partial charge on any atom is 0.307 e. The van der Waals surface area contributed by atoms with Crippen LogP contribution in [0.15, 0.2) is 91.3 Å². The molecule has 0 N–H and O–H groups in total. The van der Waals surface area contributed by atoms with Crippen LogP contribution >= 0.6 is 0 Å². The molecule has 1 saturated heterocycles. The number of hydrogen-bond donors (Lipinski definition) is 0. The van der Waals surface area contributed by atoms with E-state index in [4.69, 9.17) is 4.74 Å². The summed E-state index contributed by atoms with van der Waals surface area (Å²) >= 11 is 0. The molecule has 7 heteroatoms. The number of hydrogen-bond acceptors (Lipinski definition) is 5. The van der Waals surface area contributed by atoms with Gasteiger partial charge in [0, 0.05) is 43.5 Å². The van der Waals surface area contributed by atoms with E-state index in [1.54, 1.807) is 36.4 Å². The van der Waals surface area contributed by atoms with Crippen LogP contribution in [-0.4, -0.2) is 58.9 Å². The highest BCUT2D eigenvalue weighted by molar-refractivity contribution is 6.06. The number of pyridine rings is 1. The number of carbonyl (C=O) groups is 2. The van der Waals surface area contributed by atoms with Crippen molar-refractivity contribution in [2.45, 2.75) is 25.4 Å². The first-order valence-electron chi connectivity index (χ1n) is 12.9. The Hall–Kier alpha value is -4.10. The Bertz CT molecular complexity index is 1420. The van der Waals surface area contributed by atoms with Gasteiger partial charge < -0.3 is 9.64 Å². The molecule has 6 nitrogen and oxygen atoms in total. The van der Waals surface area contributed by atoms with Crippen LogP contribution in [0.4, 0.5) is 4.39 Å². The largest absolute Gasteiger partial charge is 0.466 e. The summed E-state index contributed by atoms with van der Waals surface area (Å²) in [5, 5.41) is 1.74. The van der Waals surface area contributed by atoms with Crippen molar-refractivity contribution < 1.29 is 18.7 Å². The molecule has 0 saturated carbocycles. The normalized spacial score (nSPS) is 16.8. The zero-order valence-electron chi connectivity index (χ0n) is 21.3. The number of amides is 1. The van der Waals surface area contributed by atoms with Gasteiger partial charge in [0.05, 0.1) is 24.6 Å². The number of aromatic nitrogens is 1.